The molecule has 0 spiro atoms. The van der Waals surface area contributed by atoms with Crippen molar-refractivity contribution < 1.29 is 37.6 Å². The molecule has 0 rings (SSSR count). The van der Waals surface area contributed by atoms with Crippen molar-refractivity contribution in [2.24, 2.45) is 5.73 Å². The maximum Gasteiger partial charge on any atom is 0.472 e. The average molecular weight is 1350 g/mol. The second-order valence-electron chi connectivity index (χ2n) is 29.4. The van der Waals surface area contributed by atoms with Crippen molar-refractivity contribution in [1.82, 2.24) is 0 Å². The summed E-state index contributed by atoms with van der Waals surface area (Å²) in [7, 11) is -4.39. The summed E-state index contributed by atoms with van der Waals surface area (Å²) in [5.74, 6) is -0.794. The number of carbonyl (C=O) groups is 2. The Balaban J connectivity index is 3.69. The predicted octanol–water partition coefficient (Wildman–Crippen LogP) is 28.6. The summed E-state index contributed by atoms with van der Waals surface area (Å²) in [5.41, 5.74) is 5.42. The van der Waals surface area contributed by atoms with Gasteiger partial charge in [-0.3, -0.25) is 18.6 Å². The van der Waals surface area contributed by atoms with Crippen LogP contribution in [0, 0.1) is 0 Å². The highest BCUT2D eigenvalue weighted by molar-refractivity contribution is 7.47. The minimum Gasteiger partial charge on any atom is -0.462 e. The minimum absolute atomic E-state index is 0.0584. The Morgan fingerprint density at radius 2 is 0.521 bits per heavy atom. The van der Waals surface area contributed by atoms with Crippen LogP contribution < -0.4 is 5.73 Å². The van der Waals surface area contributed by atoms with E-state index in [1.165, 1.54) is 417 Å². The van der Waals surface area contributed by atoms with Gasteiger partial charge < -0.3 is 20.1 Å². The van der Waals surface area contributed by atoms with E-state index in [9.17, 15) is 19.0 Å². The van der Waals surface area contributed by atoms with E-state index in [-0.39, 0.29) is 32.1 Å². The number of rotatable bonds is 83. The Morgan fingerprint density at radius 3 is 0.755 bits per heavy atom. The zero-order chi connectivity index (χ0) is 67.9. The van der Waals surface area contributed by atoms with E-state index in [4.69, 9.17) is 24.3 Å². The highest BCUT2D eigenvalue weighted by atomic mass is 31.2. The van der Waals surface area contributed by atoms with Crippen LogP contribution in [-0.4, -0.2) is 49.3 Å². The third kappa shape index (κ3) is 79.7. The van der Waals surface area contributed by atoms with E-state index in [1.807, 2.05) is 0 Å². The first-order valence-corrected chi connectivity index (χ1v) is 44.2. The van der Waals surface area contributed by atoms with Crippen LogP contribution in [0.3, 0.4) is 0 Å². The summed E-state index contributed by atoms with van der Waals surface area (Å²) in [6.45, 7) is 3.85. The van der Waals surface area contributed by atoms with E-state index in [2.05, 4.69) is 26.0 Å². The summed E-state index contributed by atoms with van der Waals surface area (Å²) >= 11 is 0. The van der Waals surface area contributed by atoms with Crippen molar-refractivity contribution in [2.75, 3.05) is 26.4 Å². The molecule has 0 heterocycles. The van der Waals surface area contributed by atoms with Gasteiger partial charge in [0, 0.05) is 19.4 Å². The quantitative estimate of drug-likeness (QED) is 0.0264. The molecule has 0 fully saturated rings. The molecule has 0 aliphatic heterocycles. The van der Waals surface area contributed by atoms with Gasteiger partial charge in [0.15, 0.2) is 6.10 Å². The topological polar surface area (TPSA) is 134 Å². The summed E-state index contributed by atoms with van der Waals surface area (Å²) in [5, 5.41) is 0. The Hall–Kier alpha value is -1.25. The van der Waals surface area contributed by atoms with E-state index in [0.29, 0.717) is 12.8 Å². The molecule has 10 heteroatoms. The van der Waals surface area contributed by atoms with E-state index in [0.717, 1.165) is 32.1 Å². The van der Waals surface area contributed by atoms with E-state index < -0.39 is 26.5 Å². The number of ether oxygens (including phenoxy) is 2. The predicted molar refractivity (Wildman–Crippen MR) is 409 cm³/mol. The van der Waals surface area contributed by atoms with Crippen LogP contribution in [0.25, 0.3) is 0 Å². The fourth-order valence-electron chi connectivity index (χ4n) is 13.6. The lowest BCUT2D eigenvalue weighted by atomic mass is 10.0. The van der Waals surface area contributed by atoms with Gasteiger partial charge in [0.05, 0.1) is 13.2 Å². The first-order valence-electron chi connectivity index (χ1n) is 42.7. The van der Waals surface area contributed by atoms with Gasteiger partial charge in [0.1, 0.15) is 6.61 Å². The van der Waals surface area contributed by atoms with Crippen LogP contribution >= 0.6 is 7.82 Å². The van der Waals surface area contributed by atoms with Gasteiger partial charge in [-0.1, -0.05) is 443 Å². The lowest BCUT2D eigenvalue weighted by Gasteiger charge is -2.19. The number of unbranched alkanes of at least 4 members (excludes halogenated alkanes) is 68. The van der Waals surface area contributed by atoms with E-state index >= 15 is 0 Å². The molecule has 0 aliphatic carbocycles. The second kappa shape index (κ2) is 80.7. The molecule has 94 heavy (non-hydrogen) atoms. The van der Waals surface area contributed by atoms with Crippen LogP contribution in [0.4, 0.5) is 0 Å². The molecule has 0 saturated carbocycles. The van der Waals surface area contributed by atoms with Crippen LogP contribution in [0.1, 0.15) is 483 Å². The number of allylic oxidation sites excluding steroid dienone is 2. The summed E-state index contributed by atoms with van der Waals surface area (Å²) in [6, 6.07) is 0. The second-order valence-corrected chi connectivity index (χ2v) is 30.9. The molecule has 0 saturated heterocycles. The molecule has 0 aromatic heterocycles. The van der Waals surface area contributed by atoms with Gasteiger partial charge in [0.2, 0.25) is 0 Å². The normalized spacial score (nSPS) is 12.8. The lowest BCUT2D eigenvalue weighted by Crippen LogP contribution is -2.29. The Labute approximate surface area is 587 Å². The molecule has 0 aromatic carbocycles. The molecule has 2 unspecified atom stereocenters. The van der Waals surface area contributed by atoms with Crippen LogP contribution in [0.5, 0.6) is 0 Å². The van der Waals surface area contributed by atoms with Gasteiger partial charge in [-0.05, 0) is 38.5 Å². The molecular formula is C84H166NO8P. The maximum absolute atomic E-state index is 12.8. The number of carbonyl (C=O) groups excluding carboxylic acids is 2. The highest BCUT2D eigenvalue weighted by Crippen LogP contribution is 2.43. The zero-order valence-corrected chi connectivity index (χ0v) is 64.4. The lowest BCUT2D eigenvalue weighted by molar-refractivity contribution is -0.161. The third-order valence-corrected chi connectivity index (χ3v) is 20.9. The summed E-state index contributed by atoms with van der Waals surface area (Å²) < 4.78 is 33.3. The third-order valence-electron chi connectivity index (χ3n) is 19.9. The van der Waals surface area contributed by atoms with Crippen molar-refractivity contribution in [3.05, 3.63) is 12.2 Å². The monoisotopic (exact) mass is 1350 g/mol. The Kier molecular flexibility index (Phi) is 79.6. The number of esters is 2. The van der Waals surface area contributed by atoms with Crippen molar-refractivity contribution in [3.8, 4) is 0 Å². The summed E-state index contributed by atoms with van der Waals surface area (Å²) in [6.07, 6.45) is 101. The number of phosphoric acid groups is 1. The number of hydrogen-bond donors (Lipinski definition) is 2. The van der Waals surface area contributed by atoms with Crippen molar-refractivity contribution in [3.63, 3.8) is 0 Å². The van der Waals surface area contributed by atoms with Gasteiger partial charge in [0.25, 0.3) is 0 Å². The largest absolute Gasteiger partial charge is 0.472 e. The molecule has 0 bridgehead atoms. The molecule has 3 N–H and O–H groups in total. The maximum atomic E-state index is 12.8. The van der Waals surface area contributed by atoms with Crippen molar-refractivity contribution in [1.29, 1.82) is 0 Å². The number of hydrogen-bond acceptors (Lipinski definition) is 8. The molecule has 0 radical (unpaired) electrons. The fourth-order valence-corrected chi connectivity index (χ4v) is 14.3. The zero-order valence-electron chi connectivity index (χ0n) is 63.5. The molecular weight excluding hydrogens is 1180 g/mol. The van der Waals surface area contributed by atoms with Crippen LogP contribution in [0.2, 0.25) is 0 Å². The minimum atomic E-state index is -4.39. The first kappa shape index (κ1) is 92.8. The Bertz CT molecular complexity index is 1550. The van der Waals surface area contributed by atoms with Gasteiger partial charge in [-0.25, -0.2) is 4.57 Å². The molecule has 0 amide bonds. The molecule has 2 atom stereocenters. The molecule has 9 nitrogen and oxygen atoms in total. The van der Waals surface area contributed by atoms with Crippen LogP contribution in [-0.2, 0) is 32.7 Å². The SMILES string of the molecule is CCCCCCCCCC/C=C\CCCCCCCCCCCCCCCCCCCCCCCCCCCCCCCC(=O)OC(COC(=O)CCCCCCCCCCCCCCCCCCCCCCCCCCCCCCCCCC)COP(=O)(O)OCCN. The smallest absolute Gasteiger partial charge is 0.462 e. The first-order chi connectivity index (χ1) is 46.3. The van der Waals surface area contributed by atoms with Crippen molar-refractivity contribution >= 4 is 19.8 Å². The van der Waals surface area contributed by atoms with Crippen molar-refractivity contribution in [2.45, 2.75) is 489 Å². The number of nitrogens with two attached hydrogens (primary N) is 1. The average Bonchev–Trinajstić information content (AvgIpc) is 3.59. The highest BCUT2D eigenvalue weighted by Gasteiger charge is 2.26. The standard InChI is InChI=1S/C84H166NO8P/c1-3-5-7-9-11-13-15-17-19-21-23-25-27-29-31-33-35-37-38-39-40-41-42-43-44-45-47-49-51-53-55-57-59-61-63-65-67-69-71-73-75-77-84(87)93-82(81-92-94(88,89)91-79-78-85)80-90-83(86)76-74-72-70-68-66-64-62-60-58-56-54-52-50-48-46-36-34-32-30-28-26-24-22-20-18-16-14-12-10-8-6-4-2/h21,23,82H,3-20,22,24-81,85H2,1-2H3,(H,88,89)/b23-21-. The van der Waals surface area contributed by atoms with Gasteiger partial charge in [-0.15, -0.1) is 0 Å². The fraction of sp³-hybridized carbons (Fsp3) is 0.952. The van der Waals surface area contributed by atoms with Gasteiger partial charge in [-0.2, -0.15) is 0 Å². The van der Waals surface area contributed by atoms with E-state index in [1.54, 1.807) is 0 Å². The molecule has 0 aliphatic rings. The molecule has 560 valence electrons. The van der Waals surface area contributed by atoms with Gasteiger partial charge >= 0.3 is 19.8 Å². The van der Waals surface area contributed by atoms with Crippen LogP contribution in [0.15, 0.2) is 12.2 Å². The Morgan fingerprint density at radius 1 is 0.309 bits per heavy atom. The number of phosphoric ester groups is 1. The summed E-state index contributed by atoms with van der Waals surface area (Å²) in [4.78, 5) is 35.5. The molecule has 0 aromatic rings.